The van der Waals surface area contributed by atoms with Crippen LogP contribution in [0, 0.1) is 0 Å². The fraction of sp³-hybridized carbons (Fsp3) is 0.0833. The Kier molecular flexibility index (Phi) is 3.44. The summed E-state index contributed by atoms with van der Waals surface area (Å²) >= 11 is 12.1. The molecule has 0 spiro atoms. The summed E-state index contributed by atoms with van der Waals surface area (Å²) in [5, 5.41) is 10.0. The van der Waals surface area contributed by atoms with Gasteiger partial charge in [-0.15, -0.1) is 0 Å². The van der Waals surface area contributed by atoms with Crippen molar-refractivity contribution in [3.8, 4) is 11.3 Å². The number of hydrogen-bond donors (Lipinski definition) is 1. The van der Waals surface area contributed by atoms with Crippen molar-refractivity contribution in [2.24, 2.45) is 0 Å². The van der Waals surface area contributed by atoms with Gasteiger partial charge < -0.3 is 5.11 Å². The molecule has 1 aromatic heterocycles. The molecule has 0 aliphatic rings. The van der Waals surface area contributed by atoms with Crippen molar-refractivity contribution < 1.29 is 5.11 Å². The van der Waals surface area contributed by atoms with Gasteiger partial charge in [0.25, 0.3) is 0 Å². The van der Waals surface area contributed by atoms with Gasteiger partial charge in [0.2, 0.25) is 0 Å². The number of rotatable bonds is 2. The summed E-state index contributed by atoms with van der Waals surface area (Å²) < 4.78 is 0. The van der Waals surface area contributed by atoms with E-state index in [-0.39, 0.29) is 6.61 Å². The van der Waals surface area contributed by atoms with Crippen molar-refractivity contribution in [1.29, 1.82) is 0 Å². The van der Waals surface area contributed by atoms with Gasteiger partial charge in [0, 0.05) is 11.8 Å². The first-order valence-corrected chi connectivity index (χ1v) is 5.48. The van der Waals surface area contributed by atoms with E-state index < -0.39 is 0 Å². The molecule has 0 atom stereocenters. The quantitative estimate of drug-likeness (QED) is 0.888. The van der Waals surface area contributed by atoms with E-state index in [4.69, 9.17) is 28.3 Å². The summed E-state index contributed by atoms with van der Waals surface area (Å²) in [5.41, 5.74) is 2.18. The molecular weight excluding hydrogens is 245 g/mol. The van der Waals surface area contributed by atoms with Crippen LogP contribution in [0.1, 0.15) is 5.56 Å². The summed E-state index contributed by atoms with van der Waals surface area (Å²) in [6, 6.07) is 8.91. The SMILES string of the molecule is OCc1ccc(-c2c(Cl)cccc2Cl)nc1. The first-order chi connectivity index (χ1) is 7.72. The Morgan fingerprint density at radius 3 is 2.25 bits per heavy atom. The van der Waals surface area contributed by atoms with Crippen LogP contribution >= 0.6 is 23.2 Å². The normalized spacial score (nSPS) is 10.4. The monoisotopic (exact) mass is 253 g/mol. The fourth-order valence-electron chi connectivity index (χ4n) is 1.41. The Morgan fingerprint density at radius 1 is 1.06 bits per heavy atom. The highest BCUT2D eigenvalue weighted by Crippen LogP contribution is 2.33. The summed E-state index contributed by atoms with van der Waals surface area (Å²) in [6.45, 7) is -0.0243. The lowest BCUT2D eigenvalue weighted by Gasteiger charge is -2.06. The minimum absolute atomic E-state index is 0.0243. The largest absolute Gasteiger partial charge is 0.392 e. The minimum atomic E-state index is -0.0243. The Hall–Kier alpha value is -1.09. The average molecular weight is 254 g/mol. The zero-order chi connectivity index (χ0) is 11.5. The van der Waals surface area contributed by atoms with Crippen LogP contribution in [0.4, 0.5) is 0 Å². The zero-order valence-electron chi connectivity index (χ0n) is 8.32. The van der Waals surface area contributed by atoms with Crippen LogP contribution in [0.15, 0.2) is 36.5 Å². The number of halogens is 2. The minimum Gasteiger partial charge on any atom is -0.392 e. The fourth-order valence-corrected chi connectivity index (χ4v) is 2.00. The van der Waals surface area contributed by atoms with Crippen LogP contribution < -0.4 is 0 Å². The summed E-state index contributed by atoms with van der Waals surface area (Å²) in [6.07, 6.45) is 1.61. The van der Waals surface area contributed by atoms with Crippen LogP contribution in [-0.2, 0) is 6.61 Å². The molecule has 2 nitrogen and oxygen atoms in total. The molecule has 0 saturated heterocycles. The van der Waals surface area contributed by atoms with Crippen LogP contribution in [-0.4, -0.2) is 10.1 Å². The van der Waals surface area contributed by atoms with Crippen LogP contribution in [0.2, 0.25) is 10.0 Å². The Balaban J connectivity index is 2.50. The number of aliphatic hydroxyl groups excluding tert-OH is 1. The molecule has 82 valence electrons. The second-order valence-electron chi connectivity index (χ2n) is 3.31. The number of benzene rings is 1. The summed E-state index contributed by atoms with van der Waals surface area (Å²) in [7, 11) is 0. The van der Waals surface area contributed by atoms with Gasteiger partial charge in [0.15, 0.2) is 0 Å². The molecule has 4 heteroatoms. The average Bonchev–Trinajstić information content (AvgIpc) is 2.30. The van der Waals surface area contributed by atoms with E-state index in [2.05, 4.69) is 4.98 Å². The van der Waals surface area contributed by atoms with E-state index in [0.717, 1.165) is 11.1 Å². The highest BCUT2D eigenvalue weighted by molar-refractivity contribution is 6.39. The Morgan fingerprint density at radius 2 is 1.75 bits per heavy atom. The molecular formula is C12H9Cl2NO. The molecule has 0 amide bonds. The molecule has 0 fully saturated rings. The standard InChI is InChI=1S/C12H9Cl2NO/c13-9-2-1-3-10(14)12(9)11-5-4-8(7-16)6-15-11/h1-6,16H,7H2. The van der Waals surface area contributed by atoms with Gasteiger partial charge in [-0.2, -0.15) is 0 Å². The number of nitrogens with zero attached hydrogens (tertiary/aromatic N) is 1. The molecule has 16 heavy (non-hydrogen) atoms. The van der Waals surface area contributed by atoms with Crippen molar-refractivity contribution in [2.45, 2.75) is 6.61 Å². The third-order valence-electron chi connectivity index (χ3n) is 2.23. The summed E-state index contributed by atoms with van der Waals surface area (Å²) in [5.74, 6) is 0. The molecule has 0 bridgehead atoms. The number of aliphatic hydroxyl groups is 1. The lowest BCUT2D eigenvalue weighted by atomic mass is 10.1. The molecule has 0 saturated carbocycles. The van der Waals surface area contributed by atoms with Gasteiger partial charge in [-0.05, 0) is 23.8 Å². The second-order valence-corrected chi connectivity index (χ2v) is 4.12. The van der Waals surface area contributed by atoms with E-state index in [1.54, 1.807) is 36.5 Å². The molecule has 1 aromatic carbocycles. The predicted octanol–water partition coefficient (Wildman–Crippen LogP) is 3.55. The topological polar surface area (TPSA) is 33.1 Å². The second kappa shape index (κ2) is 4.83. The van der Waals surface area contributed by atoms with Crippen LogP contribution in [0.25, 0.3) is 11.3 Å². The highest BCUT2D eigenvalue weighted by Gasteiger charge is 2.08. The van der Waals surface area contributed by atoms with E-state index in [1.807, 2.05) is 0 Å². The van der Waals surface area contributed by atoms with E-state index in [0.29, 0.717) is 15.7 Å². The molecule has 0 aliphatic carbocycles. The van der Waals surface area contributed by atoms with Crippen LogP contribution in [0.5, 0.6) is 0 Å². The molecule has 0 aliphatic heterocycles. The maximum Gasteiger partial charge on any atom is 0.0732 e. The van der Waals surface area contributed by atoms with Crippen molar-refractivity contribution >= 4 is 23.2 Å². The predicted molar refractivity (Wildman–Crippen MR) is 65.6 cm³/mol. The third kappa shape index (κ3) is 2.19. The Bertz CT molecular complexity index is 477. The Labute approximate surface area is 103 Å². The first-order valence-electron chi connectivity index (χ1n) is 4.72. The molecule has 0 unspecified atom stereocenters. The lowest BCUT2D eigenvalue weighted by molar-refractivity contribution is 0.281. The summed E-state index contributed by atoms with van der Waals surface area (Å²) in [4.78, 5) is 4.21. The first kappa shape index (κ1) is 11.4. The van der Waals surface area contributed by atoms with Gasteiger partial charge in [-0.3, -0.25) is 4.98 Å². The van der Waals surface area contributed by atoms with Crippen molar-refractivity contribution in [3.63, 3.8) is 0 Å². The van der Waals surface area contributed by atoms with Crippen molar-refractivity contribution in [3.05, 3.63) is 52.1 Å². The maximum atomic E-state index is 8.92. The van der Waals surface area contributed by atoms with E-state index in [9.17, 15) is 0 Å². The van der Waals surface area contributed by atoms with Gasteiger partial charge in [-0.1, -0.05) is 35.3 Å². The highest BCUT2D eigenvalue weighted by atomic mass is 35.5. The number of aromatic nitrogens is 1. The van der Waals surface area contributed by atoms with Crippen molar-refractivity contribution in [2.75, 3.05) is 0 Å². The zero-order valence-corrected chi connectivity index (χ0v) is 9.83. The van der Waals surface area contributed by atoms with Crippen LogP contribution in [0.3, 0.4) is 0 Å². The van der Waals surface area contributed by atoms with E-state index in [1.165, 1.54) is 0 Å². The maximum absolute atomic E-state index is 8.92. The molecule has 1 heterocycles. The van der Waals surface area contributed by atoms with Gasteiger partial charge in [-0.25, -0.2) is 0 Å². The van der Waals surface area contributed by atoms with Gasteiger partial charge in [0.1, 0.15) is 0 Å². The number of pyridine rings is 1. The number of hydrogen-bond acceptors (Lipinski definition) is 2. The van der Waals surface area contributed by atoms with E-state index >= 15 is 0 Å². The lowest BCUT2D eigenvalue weighted by Crippen LogP contribution is -1.89. The molecule has 1 N–H and O–H groups in total. The molecule has 2 aromatic rings. The smallest absolute Gasteiger partial charge is 0.0732 e. The van der Waals surface area contributed by atoms with Gasteiger partial charge in [0.05, 0.1) is 22.3 Å². The molecule has 0 radical (unpaired) electrons. The van der Waals surface area contributed by atoms with Gasteiger partial charge >= 0.3 is 0 Å². The third-order valence-corrected chi connectivity index (χ3v) is 2.86. The molecule has 2 rings (SSSR count). The van der Waals surface area contributed by atoms with Crippen molar-refractivity contribution in [1.82, 2.24) is 4.98 Å².